The van der Waals surface area contributed by atoms with Crippen LogP contribution in [0.5, 0.6) is 0 Å². The normalized spacial score (nSPS) is 13.3. The van der Waals surface area contributed by atoms with Gasteiger partial charge in [0.25, 0.3) is 0 Å². The second-order valence-electron chi connectivity index (χ2n) is 6.23. The topological polar surface area (TPSA) is 101 Å². The van der Waals surface area contributed by atoms with E-state index in [1.165, 1.54) is 12.1 Å². The van der Waals surface area contributed by atoms with E-state index in [1.54, 1.807) is 19.1 Å². The number of carbonyl (C=O) groups is 1. The third-order valence-electron chi connectivity index (χ3n) is 4.03. The summed E-state index contributed by atoms with van der Waals surface area (Å²) in [6.07, 6.45) is 0.791. The lowest BCUT2D eigenvalue weighted by Crippen LogP contribution is -2.32. The van der Waals surface area contributed by atoms with E-state index >= 15 is 0 Å². The molecule has 4 N–H and O–H groups in total. The SMILES string of the molecule is CCC(C)NS(=O)(=O)c1cccc(NC(=O)CC(N)c2ccccc2)c1.Cl. The molecule has 0 spiro atoms. The molecule has 6 nitrogen and oxygen atoms in total. The van der Waals surface area contributed by atoms with Crippen LogP contribution in [0.25, 0.3) is 0 Å². The molecule has 2 aromatic rings. The van der Waals surface area contributed by atoms with Crippen molar-refractivity contribution in [1.82, 2.24) is 4.72 Å². The van der Waals surface area contributed by atoms with Crippen molar-refractivity contribution >= 4 is 34.0 Å². The number of nitrogens with two attached hydrogens (primary N) is 1. The molecule has 1 amide bonds. The van der Waals surface area contributed by atoms with E-state index in [1.807, 2.05) is 37.3 Å². The fourth-order valence-electron chi connectivity index (χ4n) is 2.39. The Balaban J connectivity index is 0.00000364. The summed E-state index contributed by atoms with van der Waals surface area (Å²) in [7, 11) is -3.62. The van der Waals surface area contributed by atoms with Gasteiger partial charge in [0.15, 0.2) is 0 Å². The molecule has 0 aliphatic carbocycles. The van der Waals surface area contributed by atoms with Crippen LogP contribution in [0.2, 0.25) is 0 Å². The highest BCUT2D eigenvalue weighted by Crippen LogP contribution is 2.18. The second-order valence-corrected chi connectivity index (χ2v) is 7.94. The Morgan fingerprint density at radius 1 is 1.11 bits per heavy atom. The van der Waals surface area contributed by atoms with Gasteiger partial charge in [0.05, 0.1) is 4.90 Å². The predicted molar refractivity (Wildman–Crippen MR) is 110 cm³/mol. The standard InChI is InChI=1S/C19H25N3O3S.ClH/c1-3-14(2)22-26(24,25)17-11-7-10-16(12-17)21-19(23)13-18(20)15-8-5-4-6-9-15;/h4-12,14,18,22H,3,13,20H2,1-2H3,(H,21,23);1H. The minimum atomic E-state index is -3.62. The number of anilines is 1. The van der Waals surface area contributed by atoms with Crippen molar-refractivity contribution in [3.8, 4) is 0 Å². The lowest BCUT2D eigenvalue weighted by atomic mass is 10.0. The highest BCUT2D eigenvalue weighted by Gasteiger charge is 2.17. The molecular weight excluding hydrogens is 386 g/mol. The molecule has 0 saturated heterocycles. The minimum absolute atomic E-state index is 0. The van der Waals surface area contributed by atoms with Crippen LogP contribution in [-0.4, -0.2) is 20.4 Å². The molecule has 2 rings (SSSR count). The summed E-state index contributed by atoms with van der Waals surface area (Å²) in [5, 5.41) is 2.71. The highest BCUT2D eigenvalue weighted by molar-refractivity contribution is 7.89. The number of benzene rings is 2. The fourth-order valence-corrected chi connectivity index (χ4v) is 3.76. The van der Waals surface area contributed by atoms with E-state index in [2.05, 4.69) is 10.0 Å². The maximum Gasteiger partial charge on any atom is 0.240 e. The Hall–Kier alpha value is -1.93. The van der Waals surface area contributed by atoms with E-state index in [0.29, 0.717) is 12.1 Å². The summed E-state index contributed by atoms with van der Waals surface area (Å²) in [5.41, 5.74) is 7.34. The zero-order valence-corrected chi connectivity index (χ0v) is 17.0. The first kappa shape index (κ1) is 23.1. The van der Waals surface area contributed by atoms with Crippen LogP contribution in [0.4, 0.5) is 5.69 Å². The van der Waals surface area contributed by atoms with E-state index in [9.17, 15) is 13.2 Å². The van der Waals surface area contributed by atoms with Gasteiger partial charge >= 0.3 is 0 Å². The number of halogens is 1. The van der Waals surface area contributed by atoms with Gasteiger partial charge in [-0.25, -0.2) is 13.1 Å². The van der Waals surface area contributed by atoms with Crippen LogP contribution < -0.4 is 15.8 Å². The van der Waals surface area contributed by atoms with Crippen molar-refractivity contribution in [3.63, 3.8) is 0 Å². The van der Waals surface area contributed by atoms with Crippen molar-refractivity contribution in [2.45, 2.75) is 43.7 Å². The molecular formula is C19H26ClN3O3S. The maximum absolute atomic E-state index is 12.4. The monoisotopic (exact) mass is 411 g/mol. The van der Waals surface area contributed by atoms with Gasteiger partial charge in [-0.1, -0.05) is 43.3 Å². The van der Waals surface area contributed by atoms with Crippen molar-refractivity contribution in [1.29, 1.82) is 0 Å². The number of hydrogen-bond acceptors (Lipinski definition) is 4. The van der Waals surface area contributed by atoms with Crippen LogP contribution >= 0.6 is 12.4 Å². The molecule has 2 aromatic carbocycles. The first-order valence-electron chi connectivity index (χ1n) is 8.54. The van der Waals surface area contributed by atoms with Gasteiger partial charge in [-0.15, -0.1) is 12.4 Å². The first-order valence-corrected chi connectivity index (χ1v) is 10.0. The Morgan fingerprint density at radius 3 is 2.41 bits per heavy atom. The summed E-state index contributed by atoms with van der Waals surface area (Å²) in [4.78, 5) is 12.3. The summed E-state index contributed by atoms with van der Waals surface area (Å²) in [6.45, 7) is 3.70. The lowest BCUT2D eigenvalue weighted by molar-refractivity contribution is -0.116. The molecule has 2 unspecified atom stereocenters. The number of amides is 1. The number of sulfonamides is 1. The van der Waals surface area contributed by atoms with Crippen molar-refractivity contribution in [3.05, 3.63) is 60.2 Å². The van der Waals surface area contributed by atoms with Gasteiger partial charge in [0, 0.05) is 24.2 Å². The van der Waals surface area contributed by atoms with E-state index in [4.69, 9.17) is 5.73 Å². The largest absolute Gasteiger partial charge is 0.326 e. The van der Waals surface area contributed by atoms with Crippen molar-refractivity contribution in [2.75, 3.05) is 5.32 Å². The van der Waals surface area contributed by atoms with Crippen molar-refractivity contribution in [2.24, 2.45) is 5.73 Å². The average Bonchev–Trinajstić information content (AvgIpc) is 2.62. The van der Waals surface area contributed by atoms with Gasteiger partial charge in [-0.05, 0) is 37.1 Å². The quantitative estimate of drug-likeness (QED) is 0.620. The minimum Gasteiger partial charge on any atom is -0.326 e. The summed E-state index contributed by atoms with van der Waals surface area (Å²) in [5.74, 6) is -0.272. The molecule has 8 heteroatoms. The number of nitrogens with one attached hydrogen (secondary N) is 2. The molecule has 0 aliphatic rings. The molecule has 0 fully saturated rings. The van der Waals surface area contributed by atoms with Gasteiger partial charge in [0.2, 0.25) is 15.9 Å². The van der Waals surface area contributed by atoms with Crippen LogP contribution in [0.15, 0.2) is 59.5 Å². The zero-order valence-electron chi connectivity index (χ0n) is 15.4. The van der Waals surface area contributed by atoms with Gasteiger partial charge in [-0.2, -0.15) is 0 Å². The number of hydrogen-bond donors (Lipinski definition) is 3. The van der Waals surface area contributed by atoms with E-state index in [-0.39, 0.29) is 35.7 Å². The molecule has 148 valence electrons. The third-order valence-corrected chi connectivity index (χ3v) is 5.62. The molecule has 0 heterocycles. The summed E-state index contributed by atoms with van der Waals surface area (Å²) in [6, 6.07) is 14.9. The highest BCUT2D eigenvalue weighted by atomic mass is 35.5. The van der Waals surface area contributed by atoms with Crippen LogP contribution in [0, 0.1) is 0 Å². The molecule has 0 radical (unpaired) electrons. The molecule has 0 bridgehead atoms. The molecule has 27 heavy (non-hydrogen) atoms. The van der Waals surface area contributed by atoms with Gasteiger partial charge in [-0.3, -0.25) is 4.79 Å². The zero-order chi connectivity index (χ0) is 19.2. The molecule has 2 atom stereocenters. The average molecular weight is 412 g/mol. The molecule has 0 aliphatic heterocycles. The fraction of sp³-hybridized carbons (Fsp3) is 0.316. The second kappa shape index (κ2) is 10.4. The van der Waals surface area contributed by atoms with Gasteiger partial charge in [0.1, 0.15) is 0 Å². The Morgan fingerprint density at radius 2 is 1.78 bits per heavy atom. The smallest absolute Gasteiger partial charge is 0.240 e. The van der Waals surface area contributed by atoms with Crippen molar-refractivity contribution < 1.29 is 13.2 Å². The Bertz CT molecular complexity index is 844. The number of carbonyl (C=O) groups excluding carboxylic acids is 1. The Labute approximate surface area is 167 Å². The Kier molecular flexibility index (Phi) is 8.92. The van der Waals surface area contributed by atoms with Gasteiger partial charge < -0.3 is 11.1 Å². The summed E-state index contributed by atoms with van der Waals surface area (Å²) >= 11 is 0. The van der Waals surface area contributed by atoms with Crippen LogP contribution in [0.3, 0.4) is 0 Å². The van der Waals surface area contributed by atoms with E-state index < -0.39 is 16.1 Å². The molecule has 0 aromatic heterocycles. The predicted octanol–water partition coefficient (Wildman–Crippen LogP) is 3.21. The van der Waals surface area contributed by atoms with Crippen LogP contribution in [-0.2, 0) is 14.8 Å². The third kappa shape index (κ3) is 6.95. The van der Waals surface area contributed by atoms with Crippen LogP contribution in [0.1, 0.15) is 38.3 Å². The summed E-state index contributed by atoms with van der Waals surface area (Å²) < 4.78 is 27.3. The van der Waals surface area contributed by atoms with E-state index in [0.717, 1.165) is 5.56 Å². The maximum atomic E-state index is 12.4. The first-order chi connectivity index (χ1) is 12.3. The lowest BCUT2D eigenvalue weighted by Gasteiger charge is -2.14. The molecule has 0 saturated carbocycles. The number of rotatable bonds is 8.